The molecular weight excluding hydrogens is 224 g/mol. The molecule has 1 fully saturated rings. The van der Waals surface area contributed by atoms with Crippen LogP contribution in [0.3, 0.4) is 0 Å². The fraction of sp³-hybridized carbons (Fsp3) is 1.00. The molecule has 1 aliphatic rings. The van der Waals surface area contributed by atoms with Crippen LogP contribution in [0.2, 0.25) is 0 Å². The standard InChI is InChI=1S/C11H24N2O2S/c1-4-16(14,15)8-6-12-11-5-7-13(9-11)10(2)3/h10-12H,4-9H2,1-3H3. The summed E-state index contributed by atoms with van der Waals surface area (Å²) in [7, 11) is -2.82. The molecule has 1 atom stereocenters. The number of hydrogen-bond acceptors (Lipinski definition) is 4. The van der Waals surface area contributed by atoms with Gasteiger partial charge in [-0.15, -0.1) is 0 Å². The predicted molar refractivity (Wildman–Crippen MR) is 67.4 cm³/mol. The van der Waals surface area contributed by atoms with Crippen LogP contribution in [0.5, 0.6) is 0 Å². The average Bonchev–Trinajstić information content (AvgIpc) is 2.66. The Bertz CT molecular complexity index is 301. The van der Waals surface area contributed by atoms with Crippen LogP contribution in [0.25, 0.3) is 0 Å². The summed E-state index contributed by atoms with van der Waals surface area (Å²) in [5, 5.41) is 3.34. The summed E-state index contributed by atoms with van der Waals surface area (Å²) in [6.07, 6.45) is 1.13. The number of sulfone groups is 1. The smallest absolute Gasteiger partial charge is 0.151 e. The Balaban J connectivity index is 2.21. The third-order valence-electron chi connectivity index (χ3n) is 3.24. The van der Waals surface area contributed by atoms with Gasteiger partial charge < -0.3 is 5.32 Å². The van der Waals surface area contributed by atoms with Gasteiger partial charge in [-0.1, -0.05) is 6.92 Å². The highest BCUT2D eigenvalue weighted by molar-refractivity contribution is 7.91. The molecule has 4 nitrogen and oxygen atoms in total. The second-order valence-electron chi connectivity index (χ2n) is 4.76. The highest BCUT2D eigenvalue weighted by atomic mass is 32.2. The summed E-state index contributed by atoms with van der Waals surface area (Å²) in [6.45, 7) is 8.85. The molecule has 1 rings (SSSR count). The minimum atomic E-state index is -2.82. The van der Waals surface area contributed by atoms with Crippen molar-refractivity contribution in [1.82, 2.24) is 10.2 Å². The van der Waals surface area contributed by atoms with Gasteiger partial charge in [0.25, 0.3) is 0 Å². The van der Waals surface area contributed by atoms with Crippen molar-refractivity contribution < 1.29 is 8.42 Å². The normalized spacial score (nSPS) is 23.1. The Morgan fingerprint density at radius 3 is 2.62 bits per heavy atom. The lowest BCUT2D eigenvalue weighted by Gasteiger charge is -2.20. The van der Waals surface area contributed by atoms with Gasteiger partial charge in [-0.2, -0.15) is 0 Å². The van der Waals surface area contributed by atoms with Crippen LogP contribution in [0.4, 0.5) is 0 Å². The minimum Gasteiger partial charge on any atom is -0.312 e. The molecule has 1 unspecified atom stereocenters. The number of nitrogens with one attached hydrogen (secondary N) is 1. The monoisotopic (exact) mass is 248 g/mol. The summed E-state index contributed by atoms with van der Waals surface area (Å²) >= 11 is 0. The van der Waals surface area contributed by atoms with Gasteiger partial charge in [0.2, 0.25) is 0 Å². The molecule has 96 valence electrons. The minimum absolute atomic E-state index is 0.247. The number of hydrogen-bond donors (Lipinski definition) is 1. The van der Waals surface area contributed by atoms with Gasteiger partial charge in [0.15, 0.2) is 9.84 Å². The van der Waals surface area contributed by atoms with E-state index in [1.807, 2.05) is 0 Å². The molecular formula is C11H24N2O2S. The second-order valence-corrected chi connectivity index (χ2v) is 7.24. The zero-order valence-electron chi connectivity index (χ0n) is 10.6. The lowest BCUT2D eigenvalue weighted by Crippen LogP contribution is -2.37. The molecule has 0 saturated carbocycles. The van der Waals surface area contributed by atoms with Gasteiger partial charge in [0.05, 0.1) is 5.75 Å². The van der Waals surface area contributed by atoms with Gasteiger partial charge in [-0.3, -0.25) is 4.90 Å². The van der Waals surface area contributed by atoms with Gasteiger partial charge in [-0.25, -0.2) is 8.42 Å². The largest absolute Gasteiger partial charge is 0.312 e. The first kappa shape index (κ1) is 13.9. The van der Waals surface area contributed by atoms with Crippen LogP contribution in [0.1, 0.15) is 27.2 Å². The highest BCUT2D eigenvalue weighted by Crippen LogP contribution is 2.11. The maximum Gasteiger partial charge on any atom is 0.151 e. The molecule has 0 aromatic heterocycles. The van der Waals surface area contributed by atoms with Crippen molar-refractivity contribution in [3.63, 3.8) is 0 Å². The van der Waals surface area contributed by atoms with Gasteiger partial charge in [0, 0.05) is 30.9 Å². The molecule has 1 heterocycles. The Labute approximate surface area is 99.3 Å². The van der Waals surface area contributed by atoms with E-state index in [0.717, 1.165) is 19.5 Å². The van der Waals surface area contributed by atoms with E-state index in [2.05, 4.69) is 24.1 Å². The van der Waals surface area contributed by atoms with E-state index in [4.69, 9.17) is 0 Å². The van der Waals surface area contributed by atoms with Crippen molar-refractivity contribution in [1.29, 1.82) is 0 Å². The van der Waals surface area contributed by atoms with Crippen LogP contribution in [0.15, 0.2) is 0 Å². The van der Waals surface area contributed by atoms with Gasteiger partial charge in [0.1, 0.15) is 0 Å². The summed E-state index contributed by atoms with van der Waals surface area (Å²) in [4.78, 5) is 2.42. The fourth-order valence-electron chi connectivity index (χ4n) is 1.99. The van der Waals surface area contributed by atoms with Crippen LogP contribution >= 0.6 is 0 Å². The topological polar surface area (TPSA) is 49.4 Å². The highest BCUT2D eigenvalue weighted by Gasteiger charge is 2.23. The molecule has 16 heavy (non-hydrogen) atoms. The molecule has 0 spiro atoms. The summed E-state index contributed by atoms with van der Waals surface area (Å²) in [5.74, 6) is 0.513. The van der Waals surface area contributed by atoms with E-state index in [0.29, 0.717) is 18.6 Å². The van der Waals surface area contributed by atoms with E-state index in [-0.39, 0.29) is 11.5 Å². The average molecular weight is 248 g/mol. The van der Waals surface area contributed by atoms with E-state index < -0.39 is 9.84 Å². The van der Waals surface area contributed by atoms with Crippen molar-refractivity contribution in [2.45, 2.75) is 39.3 Å². The molecule has 1 N–H and O–H groups in total. The zero-order valence-corrected chi connectivity index (χ0v) is 11.4. The molecule has 0 radical (unpaired) electrons. The lowest BCUT2D eigenvalue weighted by molar-refractivity contribution is 0.268. The molecule has 0 aromatic carbocycles. The zero-order chi connectivity index (χ0) is 12.2. The van der Waals surface area contributed by atoms with E-state index in [1.54, 1.807) is 6.92 Å². The molecule has 0 amide bonds. The SMILES string of the molecule is CCS(=O)(=O)CCNC1CCN(C(C)C)C1. The van der Waals surface area contributed by atoms with Crippen molar-refractivity contribution in [2.75, 3.05) is 31.1 Å². The number of rotatable bonds is 6. The van der Waals surface area contributed by atoms with Crippen LogP contribution < -0.4 is 5.32 Å². The third-order valence-corrected chi connectivity index (χ3v) is 4.94. The quantitative estimate of drug-likeness (QED) is 0.743. The summed E-state index contributed by atoms with van der Waals surface area (Å²) in [6, 6.07) is 1.06. The first-order valence-electron chi connectivity index (χ1n) is 6.12. The van der Waals surface area contributed by atoms with Gasteiger partial charge in [-0.05, 0) is 26.8 Å². The van der Waals surface area contributed by atoms with Gasteiger partial charge >= 0.3 is 0 Å². The fourth-order valence-corrected chi connectivity index (χ4v) is 2.70. The second kappa shape index (κ2) is 5.98. The molecule has 1 saturated heterocycles. The van der Waals surface area contributed by atoms with Crippen LogP contribution in [-0.2, 0) is 9.84 Å². The van der Waals surface area contributed by atoms with Crippen molar-refractivity contribution in [2.24, 2.45) is 0 Å². The van der Waals surface area contributed by atoms with E-state index in [1.165, 1.54) is 0 Å². The molecule has 0 aromatic rings. The number of nitrogens with zero attached hydrogens (tertiary/aromatic N) is 1. The maximum atomic E-state index is 11.3. The van der Waals surface area contributed by atoms with Crippen molar-refractivity contribution >= 4 is 9.84 Å². The first-order valence-corrected chi connectivity index (χ1v) is 7.94. The Morgan fingerprint density at radius 1 is 1.44 bits per heavy atom. The molecule has 1 aliphatic heterocycles. The lowest BCUT2D eigenvalue weighted by atomic mass is 10.3. The predicted octanol–water partition coefficient (Wildman–Crippen LogP) is 0.493. The molecule has 5 heteroatoms. The third kappa shape index (κ3) is 4.39. The number of likely N-dealkylation sites (tertiary alicyclic amines) is 1. The van der Waals surface area contributed by atoms with Crippen LogP contribution in [0, 0.1) is 0 Å². The maximum absolute atomic E-state index is 11.3. The van der Waals surface area contributed by atoms with Crippen molar-refractivity contribution in [3.05, 3.63) is 0 Å². The molecule has 0 bridgehead atoms. The van der Waals surface area contributed by atoms with E-state index in [9.17, 15) is 8.42 Å². The molecule has 0 aliphatic carbocycles. The Morgan fingerprint density at radius 2 is 2.12 bits per heavy atom. The van der Waals surface area contributed by atoms with E-state index >= 15 is 0 Å². The summed E-state index contributed by atoms with van der Waals surface area (Å²) < 4.78 is 22.6. The Kier molecular flexibility index (Phi) is 5.21. The first-order chi connectivity index (χ1) is 7.44. The summed E-state index contributed by atoms with van der Waals surface area (Å²) in [5.41, 5.74) is 0. The Hall–Kier alpha value is -0.130. The van der Waals surface area contributed by atoms with Crippen LogP contribution in [-0.4, -0.2) is 56.5 Å². The van der Waals surface area contributed by atoms with Crippen molar-refractivity contribution in [3.8, 4) is 0 Å².